The zero-order chi connectivity index (χ0) is 24.1. The Balaban J connectivity index is 1.86. The lowest BCUT2D eigenvalue weighted by Crippen LogP contribution is -2.32. The Labute approximate surface area is 206 Å². The highest BCUT2D eigenvalue weighted by molar-refractivity contribution is 7.68. The summed E-state index contributed by atoms with van der Waals surface area (Å²) >= 11 is 0. The van der Waals surface area contributed by atoms with E-state index in [4.69, 9.17) is 0 Å². The van der Waals surface area contributed by atoms with Crippen LogP contribution in [0.1, 0.15) is 52.7 Å². The van der Waals surface area contributed by atoms with Crippen LogP contribution in [-0.4, -0.2) is 10.3 Å². The third-order valence-electron chi connectivity index (χ3n) is 6.83. The molecule has 1 heteroatoms. The van der Waals surface area contributed by atoms with Crippen molar-refractivity contribution in [2.24, 2.45) is 0 Å². The Morgan fingerprint density at radius 2 is 1.09 bits per heavy atom. The fraction of sp³-hybridized carbons (Fsp3) is 0.273. The molecule has 0 aromatic heterocycles. The minimum Gasteiger partial charge on any atom is -0.0636 e. The van der Waals surface area contributed by atoms with Crippen LogP contribution in [-0.2, 0) is 6.42 Å². The molecule has 34 heavy (non-hydrogen) atoms. The van der Waals surface area contributed by atoms with E-state index in [9.17, 15) is 0 Å². The first kappa shape index (κ1) is 23.1. The molecule has 0 saturated carbocycles. The van der Waals surface area contributed by atoms with Gasteiger partial charge in [-0.3, -0.25) is 0 Å². The predicted octanol–water partition coefficient (Wildman–Crippen LogP) is 9.30. The SMILES string of the molecule is CC(C)(C)P(c1ccc2c(c1-c1ccccc1-c1ccccc1)Cc1ccccc1-2)C(C)(C)C. The smallest absolute Gasteiger partial charge is 0.000705 e. The van der Waals surface area contributed by atoms with Gasteiger partial charge in [0.1, 0.15) is 0 Å². The summed E-state index contributed by atoms with van der Waals surface area (Å²) in [7, 11) is -0.446. The summed E-state index contributed by atoms with van der Waals surface area (Å²) in [5.74, 6) is 0. The molecule has 1 aliphatic rings. The molecule has 0 nitrogen and oxygen atoms in total. The van der Waals surface area contributed by atoms with Crippen LogP contribution in [0, 0.1) is 0 Å². The lowest BCUT2D eigenvalue weighted by molar-refractivity contribution is 0.715. The van der Waals surface area contributed by atoms with E-state index in [1.165, 1.54) is 44.5 Å². The zero-order valence-corrected chi connectivity index (χ0v) is 22.2. The quantitative estimate of drug-likeness (QED) is 0.234. The first-order chi connectivity index (χ1) is 16.2. The molecule has 172 valence electrons. The van der Waals surface area contributed by atoms with Crippen LogP contribution in [0.3, 0.4) is 0 Å². The molecule has 4 aromatic carbocycles. The fourth-order valence-electron chi connectivity index (χ4n) is 5.99. The minimum atomic E-state index is -0.446. The lowest BCUT2D eigenvalue weighted by atomic mass is 9.90. The molecule has 0 N–H and O–H groups in total. The average molecular weight is 463 g/mol. The molecule has 0 aliphatic heterocycles. The van der Waals surface area contributed by atoms with E-state index in [0.29, 0.717) is 0 Å². The van der Waals surface area contributed by atoms with E-state index in [2.05, 4.69) is 133 Å². The predicted molar refractivity (Wildman–Crippen MR) is 152 cm³/mol. The highest BCUT2D eigenvalue weighted by Gasteiger charge is 2.38. The van der Waals surface area contributed by atoms with Gasteiger partial charge in [-0.15, -0.1) is 0 Å². The van der Waals surface area contributed by atoms with Crippen molar-refractivity contribution in [1.29, 1.82) is 0 Å². The van der Waals surface area contributed by atoms with Gasteiger partial charge in [0.05, 0.1) is 0 Å². The summed E-state index contributed by atoms with van der Waals surface area (Å²) in [6.45, 7) is 14.6. The van der Waals surface area contributed by atoms with Crippen LogP contribution < -0.4 is 5.30 Å². The van der Waals surface area contributed by atoms with Crippen molar-refractivity contribution in [3.05, 3.63) is 102 Å². The normalized spacial score (nSPS) is 13.1. The fourth-order valence-corrected chi connectivity index (χ4v) is 10.1. The van der Waals surface area contributed by atoms with Crippen molar-refractivity contribution in [3.8, 4) is 33.4 Å². The van der Waals surface area contributed by atoms with Crippen LogP contribution in [0.15, 0.2) is 91.0 Å². The topological polar surface area (TPSA) is 0 Å². The molecule has 0 radical (unpaired) electrons. The molecule has 5 rings (SSSR count). The van der Waals surface area contributed by atoms with Gasteiger partial charge in [0, 0.05) is 0 Å². The van der Waals surface area contributed by atoms with E-state index >= 15 is 0 Å². The van der Waals surface area contributed by atoms with Gasteiger partial charge in [-0.05, 0) is 66.5 Å². The molecule has 0 saturated heterocycles. The van der Waals surface area contributed by atoms with Crippen molar-refractivity contribution in [2.75, 3.05) is 0 Å². The second-order valence-electron chi connectivity index (χ2n) is 11.4. The van der Waals surface area contributed by atoms with Gasteiger partial charge in [-0.25, -0.2) is 0 Å². The van der Waals surface area contributed by atoms with E-state index in [0.717, 1.165) is 6.42 Å². The number of hydrogen-bond donors (Lipinski definition) is 0. The van der Waals surface area contributed by atoms with E-state index in [-0.39, 0.29) is 10.3 Å². The van der Waals surface area contributed by atoms with Crippen molar-refractivity contribution in [3.63, 3.8) is 0 Å². The van der Waals surface area contributed by atoms with Crippen LogP contribution in [0.25, 0.3) is 33.4 Å². The maximum absolute atomic E-state index is 2.47. The van der Waals surface area contributed by atoms with Crippen molar-refractivity contribution in [1.82, 2.24) is 0 Å². The molecule has 0 bridgehead atoms. The van der Waals surface area contributed by atoms with Gasteiger partial charge >= 0.3 is 0 Å². The largest absolute Gasteiger partial charge is 0.0636 e. The maximum Gasteiger partial charge on any atom is -0.000705 e. The summed E-state index contributed by atoms with van der Waals surface area (Å²) in [5.41, 5.74) is 11.2. The second kappa shape index (κ2) is 8.51. The van der Waals surface area contributed by atoms with E-state index < -0.39 is 7.92 Å². The van der Waals surface area contributed by atoms with Crippen molar-refractivity contribution >= 4 is 13.2 Å². The molecule has 0 atom stereocenters. The summed E-state index contributed by atoms with van der Waals surface area (Å²) in [5, 5.41) is 1.94. The Morgan fingerprint density at radius 3 is 1.74 bits per heavy atom. The van der Waals surface area contributed by atoms with Gasteiger partial charge < -0.3 is 0 Å². The Kier molecular flexibility index (Phi) is 5.78. The lowest BCUT2D eigenvalue weighted by Gasteiger charge is -2.43. The first-order valence-electron chi connectivity index (χ1n) is 12.4. The van der Waals surface area contributed by atoms with Gasteiger partial charge in [0.15, 0.2) is 0 Å². The Morgan fingerprint density at radius 1 is 0.529 bits per heavy atom. The zero-order valence-electron chi connectivity index (χ0n) is 21.3. The minimum absolute atomic E-state index is 0.198. The molecule has 0 heterocycles. The van der Waals surface area contributed by atoms with Crippen LogP contribution in [0.2, 0.25) is 0 Å². The Bertz CT molecular complexity index is 1320. The highest BCUT2D eigenvalue weighted by atomic mass is 31.1. The summed E-state index contributed by atoms with van der Waals surface area (Å²) in [6, 6.07) is 33.8. The Hall–Kier alpha value is -2.69. The van der Waals surface area contributed by atoms with Gasteiger partial charge in [-0.2, -0.15) is 0 Å². The molecule has 0 spiro atoms. The van der Waals surface area contributed by atoms with Crippen LogP contribution >= 0.6 is 7.92 Å². The highest BCUT2D eigenvalue weighted by Crippen LogP contribution is 2.60. The number of benzene rings is 4. The number of hydrogen-bond acceptors (Lipinski definition) is 0. The van der Waals surface area contributed by atoms with Gasteiger partial charge in [0.2, 0.25) is 0 Å². The monoisotopic (exact) mass is 462 g/mol. The average Bonchev–Trinajstić information content (AvgIpc) is 3.16. The van der Waals surface area contributed by atoms with Crippen molar-refractivity contribution < 1.29 is 0 Å². The number of rotatable bonds is 3. The van der Waals surface area contributed by atoms with Crippen LogP contribution in [0.4, 0.5) is 0 Å². The molecule has 4 aromatic rings. The van der Waals surface area contributed by atoms with Crippen molar-refractivity contribution in [2.45, 2.75) is 58.3 Å². The standard InChI is InChI=1S/C33H35P/c1-32(2,3)34(33(4,5)6)30-21-20-27-26-18-11-10-16-24(26)22-29(27)31(30)28-19-13-12-17-25(28)23-14-8-7-9-15-23/h7-21H,22H2,1-6H3. The summed E-state index contributed by atoms with van der Waals surface area (Å²) in [6.07, 6.45) is 1.01. The maximum atomic E-state index is 2.47. The van der Waals surface area contributed by atoms with Gasteiger partial charge in [0.25, 0.3) is 0 Å². The van der Waals surface area contributed by atoms with Crippen LogP contribution in [0.5, 0.6) is 0 Å². The molecule has 1 aliphatic carbocycles. The number of fused-ring (bicyclic) bond motifs is 3. The summed E-state index contributed by atoms with van der Waals surface area (Å²) < 4.78 is 0. The molecule has 0 unspecified atom stereocenters. The molecule has 0 amide bonds. The third-order valence-corrected chi connectivity index (χ3v) is 10.4. The van der Waals surface area contributed by atoms with E-state index in [1.54, 1.807) is 5.30 Å². The second-order valence-corrected chi connectivity index (χ2v) is 15.2. The summed E-state index contributed by atoms with van der Waals surface area (Å²) in [4.78, 5) is 0. The van der Waals surface area contributed by atoms with E-state index in [1.807, 2.05) is 0 Å². The van der Waals surface area contributed by atoms with Gasteiger partial charge in [-0.1, -0.05) is 140 Å². The third kappa shape index (κ3) is 4.03. The molecular formula is C33H35P. The molecule has 0 fully saturated rings. The molecular weight excluding hydrogens is 427 g/mol. The first-order valence-corrected chi connectivity index (χ1v) is 13.7.